The molecule has 34 heavy (non-hydrogen) atoms. The largest absolute Gasteiger partial charge is 0.497 e. The van der Waals surface area contributed by atoms with Gasteiger partial charge in [-0.15, -0.1) is 0 Å². The van der Waals surface area contributed by atoms with E-state index < -0.39 is 11.7 Å². The lowest BCUT2D eigenvalue weighted by atomic mass is 10.1. The first-order chi connectivity index (χ1) is 16.3. The Morgan fingerprint density at radius 3 is 2.47 bits per heavy atom. The van der Waals surface area contributed by atoms with E-state index in [0.29, 0.717) is 35.8 Å². The molecule has 0 aliphatic carbocycles. The van der Waals surface area contributed by atoms with E-state index in [1.165, 1.54) is 20.3 Å². The van der Waals surface area contributed by atoms with Crippen LogP contribution < -0.4 is 9.47 Å². The van der Waals surface area contributed by atoms with Crippen molar-refractivity contribution < 1.29 is 32.2 Å². The molecule has 6 nitrogen and oxygen atoms in total. The second-order valence-corrected chi connectivity index (χ2v) is 7.61. The van der Waals surface area contributed by atoms with Crippen LogP contribution in [0.15, 0.2) is 60.8 Å². The van der Waals surface area contributed by atoms with Gasteiger partial charge in [-0.05, 0) is 42.0 Å². The van der Waals surface area contributed by atoms with Crippen molar-refractivity contribution in [2.75, 3.05) is 34.5 Å². The van der Waals surface area contributed by atoms with Crippen LogP contribution in [-0.2, 0) is 24.0 Å². The van der Waals surface area contributed by atoms with Crippen LogP contribution in [0.4, 0.5) is 13.2 Å². The number of carbonyl (C=O) groups excluding carboxylic acids is 1. The number of hydrogen-bond acceptors (Lipinski definition) is 4. The maximum Gasteiger partial charge on any atom is 0.416 e. The molecule has 9 heteroatoms. The summed E-state index contributed by atoms with van der Waals surface area (Å²) in [5.74, 6) is 0.682. The van der Waals surface area contributed by atoms with Crippen LogP contribution >= 0.6 is 0 Å². The summed E-state index contributed by atoms with van der Waals surface area (Å²) in [6.07, 6.45) is -2.63. The van der Waals surface area contributed by atoms with E-state index in [0.717, 1.165) is 17.8 Å². The molecule has 0 saturated carbocycles. The number of hydrogen-bond donors (Lipinski definition) is 0. The van der Waals surface area contributed by atoms with Crippen molar-refractivity contribution >= 4 is 5.91 Å². The fourth-order valence-corrected chi connectivity index (χ4v) is 3.58. The zero-order valence-corrected chi connectivity index (χ0v) is 19.3. The fraction of sp³-hybridized carbons (Fsp3) is 0.320. The molecule has 0 saturated heterocycles. The third-order valence-corrected chi connectivity index (χ3v) is 5.38. The second-order valence-electron chi connectivity index (χ2n) is 7.61. The Balaban J connectivity index is 1.85. The third-order valence-electron chi connectivity index (χ3n) is 5.38. The summed E-state index contributed by atoms with van der Waals surface area (Å²) >= 11 is 0. The fourth-order valence-electron chi connectivity index (χ4n) is 3.58. The molecule has 0 unspecified atom stereocenters. The van der Waals surface area contributed by atoms with Crippen LogP contribution in [0.3, 0.4) is 0 Å². The topological polar surface area (TPSA) is 52.9 Å². The molecule has 0 radical (unpaired) electrons. The molecule has 0 fully saturated rings. The van der Waals surface area contributed by atoms with Crippen molar-refractivity contribution in [3.05, 3.63) is 83.2 Å². The van der Waals surface area contributed by atoms with E-state index in [1.54, 1.807) is 48.5 Å². The minimum atomic E-state index is -4.41. The SMILES string of the molecule is COCCN(Cc1cccn1Cc1cccc(C(F)(F)F)c1)C(=O)c1ccc(OC)cc1OC. The number of aromatic nitrogens is 1. The van der Waals surface area contributed by atoms with Gasteiger partial charge in [0, 0.05) is 38.2 Å². The van der Waals surface area contributed by atoms with Gasteiger partial charge in [0.15, 0.2) is 0 Å². The molecular formula is C25H27F3N2O4. The summed E-state index contributed by atoms with van der Waals surface area (Å²) in [5.41, 5.74) is 0.964. The zero-order valence-electron chi connectivity index (χ0n) is 19.3. The molecule has 3 aromatic rings. The highest BCUT2D eigenvalue weighted by Gasteiger charge is 2.30. The van der Waals surface area contributed by atoms with Crippen LogP contribution in [0, 0.1) is 0 Å². The van der Waals surface area contributed by atoms with E-state index in [2.05, 4.69) is 0 Å². The first kappa shape index (κ1) is 25.2. The Morgan fingerprint density at radius 1 is 1.00 bits per heavy atom. The first-order valence-electron chi connectivity index (χ1n) is 10.6. The molecular weight excluding hydrogens is 449 g/mol. The smallest absolute Gasteiger partial charge is 0.416 e. The van der Waals surface area contributed by atoms with Gasteiger partial charge in [0.1, 0.15) is 11.5 Å². The molecule has 3 rings (SSSR count). The number of halogens is 3. The van der Waals surface area contributed by atoms with E-state index >= 15 is 0 Å². The lowest BCUT2D eigenvalue weighted by Gasteiger charge is -2.24. The molecule has 0 bridgehead atoms. The highest BCUT2D eigenvalue weighted by atomic mass is 19.4. The van der Waals surface area contributed by atoms with Crippen molar-refractivity contribution in [2.45, 2.75) is 19.3 Å². The zero-order chi connectivity index (χ0) is 24.7. The Bertz CT molecular complexity index is 1110. The minimum Gasteiger partial charge on any atom is -0.497 e. The van der Waals surface area contributed by atoms with Gasteiger partial charge in [0.05, 0.1) is 38.5 Å². The Labute approximate surface area is 196 Å². The molecule has 1 amide bonds. The number of nitrogens with zero attached hydrogens (tertiary/aromatic N) is 2. The van der Waals surface area contributed by atoms with Gasteiger partial charge in [-0.25, -0.2) is 0 Å². The molecule has 0 aliphatic heterocycles. The monoisotopic (exact) mass is 476 g/mol. The number of methoxy groups -OCH3 is 3. The van der Waals surface area contributed by atoms with E-state index in [1.807, 2.05) is 10.6 Å². The van der Waals surface area contributed by atoms with Crippen LogP contribution in [0.1, 0.15) is 27.2 Å². The summed E-state index contributed by atoms with van der Waals surface area (Å²) in [4.78, 5) is 15.0. The number of carbonyl (C=O) groups is 1. The standard InChI is InChI=1S/C25H27F3N2O4/c1-32-13-12-30(24(31)22-10-9-21(33-2)15-23(22)34-3)17-20-8-5-11-29(20)16-18-6-4-7-19(14-18)25(26,27)28/h4-11,14-15H,12-13,16-17H2,1-3H3. The number of amides is 1. The lowest BCUT2D eigenvalue weighted by Crippen LogP contribution is -2.34. The number of benzene rings is 2. The molecule has 2 aromatic carbocycles. The molecule has 1 aromatic heterocycles. The molecule has 0 N–H and O–H groups in total. The van der Waals surface area contributed by atoms with Crippen molar-refractivity contribution in [1.29, 1.82) is 0 Å². The number of ether oxygens (including phenoxy) is 3. The van der Waals surface area contributed by atoms with Gasteiger partial charge in [0.2, 0.25) is 0 Å². The summed E-state index contributed by atoms with van der Waals surface area (Å²) in [7, 11) is 4.55. The highest BCUT2D eigenvalue weighted by Crippen LogP contribution is 2.30. The molecule has 0 aliphatic rings. The lowest BCUT2D eigenvalue weighted by molar-refractivity contribution is -0.137. The number of alkyl halides is 3. The summed E-state index contributed by atoms with van der Waals surface area (Å²) < 4.78 is 56.9. The van der Waals surface area contributed by atoms with Gasteiger partial charge >= 0.3 is 6.18 Å². The third kappa shape index (κ3) is 6.11. The Hall–Kier alpha value is -3.46. The normalized spacial score (nSPS) is 11.4. The summed E-state index contributed by atoms with van der Waals surface area (Å²) in [6, 6.07) is 13.8. The maximum atomic E-state index is 13.4. The predicted molar refractivity (Wildman–Crippen MR) is 121 cm³/mol. The Kier molecular flexibility index (Phi) is 8.22. The van der Waals surface area contributed by atoms with Crippen LogP contribution in [0.2, 0.25) is 0 Å². The van der Waals surface area contributed by atoms with E-state index in [9.17, 15) is 18.0 Å². The molecule has 0 atom stereocenters. The average molecular weight is 476 g/mol. The summed E-state index contributed by atoms with van der Waals surface area (Å²) in [6.45, 7) is 1.12. The van der Waals surface area contributed by atoms with E-state index in [-0.39, 0.29) is 19.0 Å². The van der Waals surface area contributed by atoms with Crippen LogP contribution in [-0.4, -0.2) is 49.9 Å². The highest BCUT2D eigenvalue weighted by molar-refractivity contribution is 5.97. The van der Waals surface area contributed by atoms with Crippen molar-refractivity contribution in [2.24, 2.45) is 0 Å². The van der Waals surface area contributed by atoms with Gasteiger partial charge in [-0.3, -0.25) is 4.79 Å². The molecule has 0 spiro atoms. The van der Waals surface area contributed by atoms with Gasteiger partial charge in [-0.2, -0.15) is 13.2 Å². The molecule has 1 heterocycles. The molecule has 182 valence electrons. The van der Waals surface area contributed by atoms with E-state index in [4.69, 9.17) is 14.2 Å². The van der Waals surface area contributed by atoms with Gasteiger partial charge < -0.3 is 23.7 Å². The maximum absolute atomic E-state index is 13.4. The van der Waals surface area contributed by atoms with Crippen molar-refractivity contribution in [3.63, 3.8) is 0 Å². The van der Waals surface area contributed by atoms with Crippen LogP contribution in [0.5, 0.6) is 11.5 Å². The van der Waals surface area contributed by atoms with Crippen LogP contribution in [0.25, 0.3) is 0 Å². The van der Waals surface area contributed by atoms with Crippen molar-refractivity contribution in [3.8, 4) is 11.5 Å². The minimum absolute atomic E-state index is 0.239. The van der Waals surface area contributed by atoms with Gasteiger partial charge in [-0.1, -0.05) is 12.1 Å². The first-order valence-corrected chi connectivity index (χ1v) is 10.6. The van der Waals surface area contributed by atoms with Gasteiger partial charge in [0.25, 0.3) is 5.91 Å². The second kappa shape index (κ2) is 11.1. The predicted octanol–water partition coefficient (Wildman–Crippen LogP) is 4.86. The quantitative estimate of drug-likeness (QED) is 0.419. The summed E-state index contributed by atoms with van der Waals surface area (Å²) in [5, 5.41) is 0. The Morgan fingerprint density at radius 2 is 1.79 bits per heavy atom. The average Bonchev–Trinajstić information content (AvgIpc) is 3.26. The number of rotatable bonds is 10. The van der Waals surface area contributed by atoms with Crippen molar-refractivity contribution in [1.82, 2.24) is 9.47 Å².